The first-order chi connectivity index (χ1) is 6.60. The van der Waals surface area contributed by atoms with Crippen LogP contribution in [0.3, 0.4) is 0 Å². The maximum atomic E-state index is 11.2. The van der Waals surface area contributed by atoms with E-state index in [-0.39, 0.29) is 12.2 Å². The van der Waals surface area contributed by atoms with Crippen molar-refractivity contribution in [1.82, 2.24) is 0 Å². The second-order valence-electron chi connectivity index (χ2n) is 3.01. The molecule has 0 rings (SSSR count). The van der Waals surface area contributed by atoms with Gasteiger partial charge < -0.3 is 0 Å². The Bertz CT molecular complexity index is 153. The Morgan fingerprint density at radius 3 is 1.71 bits per heavy atom. The molecule has 0 amide bonds. The lowest BCUT2D eigenvalue weighted by Gasteiger charge is -2.03. The van der Waals surface area contributed by atoms with Crippen LogP contribution in [0, 0.1) is 0 Å². The van der Waals surface area contributed by atoms with Crippen LogP contribution in [0.1, 0.15) is 26.7 Å². The van der Waals surface area contributed by atoms with Gasteiger partial charge in [-0.15, -0.1) is 32.2 Å². The van der Waals surface area contributed by atoms with Gasteiger partial charge in [0, 0.05) is 16.3 Å². The minimum atomic E-state index is -2.05. The largest absolute Gasteiger partial charge is 0.697 e. The second-order valence-corrected chi connectivity index (χ2v) is 4.64. The molecule has 0 bridgehead atoms. The van der Waals surface area contributed by atoms with Crippen LogP contribution < -0.4 is 0 Å². The van der Waals surface area contributed by atoms with Crippen LogP contribution in [-0.4, -0.2) is 24.0 Å². The molecule has 0 heterocycles. The molecule has 0 fully saturated rings. The average Bonchev–Trinajstić information content (AvgIpc) is 2.03. The van der Waals surface area contributed by atoms with E-state index < -0.39 is 8.25 Å². The fourth-order valence-electron chi connectivity index (χ4n) is 0.731. The van der Waals surface area contributed by atoms with Gasteiger partial charge in [0.1, 0.15) is 12.2 Å². The molecule has 3 nitrogen and oxygen atoms in total. The highest BCUT2D eigenvalue weighted by Crippen LogP contribution is 2.29. The van der Waals surface area contributed by atoms with Crippen LogP contribution >= 0.6 is 31.5 Å². The van der Waals surface area contributed by atoms with Crippen molar-refractivity contribution in [1.29, 1.82) is 0 Å². The summed E-state index contributed by atoms with van der Waals surface area (Å²) in [5.74, 6) is 0.975. The quantitative estimate of drug-likeness (QED) is 0.494. The van der Waals surface area contributed by atoms with Gasteiger partial charge in [0.2, 0.25) is 0 Å². The van der Waals surface area contributed by atoms with Gasteiger partial charge in [-0.05, 0) is 26.7 Å². The molecule has 0 aromatic heterocycles. The summed E-state index contributed by atoms with van der Waals surface area (Å²) in [7, 11) is -2.05. The third-order valence-electron chi connectivity index (χ3n) is 1.56. The van der Waals surface area contributed by atoms with Crippen molar-refractivity contribution in [2.45, 2.75) is 38.9 Å². The van der Waals surface area contributed by atoms with Crippen LogP contribution in [0.4, 0.5) is 0 Å². The van der Waals surface area contributed by atoms with Crippen molar-refractivity contribution in [3.8, 4) is 0 Å². The zero-order valence-electron chi connectivity index (χ0n) is 8.41. The van der Waals surface area contributed by atoms with Crippen molar-refractivity contribution in [2.24, 2.45) is 0 Å². The molecule has 0 aromatic rings. The summed E-state index contributed by atoms with van der Waals surface area (Å²) in [4.78, 5) is 0. The first-order valence-electron chi connectivity index (χ1n) is 4.52. The molecule has 6 heteroatoms. The Labute approximate surface area is 96.0 Å². The first-order valence-corrected chi connectivity index (χ1v) is 6.69. The number of rotatable bonds is 8. The van der Waals surface area contributed by atoms with Crippen molar-refractivity contribution in [3.63, 3.8) is 0 Å². The Morgan fingerprint density at radius 2 is 1.43 bits per heavy atom. The maximum Gasteiger partial charge on any atom is 0.697 e. The molecule has 0 saturated heterocycles. The highest BCUT2D eigenvalue weighted by molar-refractivity contribution is 7.33. The zero-order valence-corrected chi connectivity index (χ0v) is 10.8. The summed E-state index contributed by atoms with van der Waals surface area (Å²) in [5.41, 5.74) is 0. The molecule has 0 aliphatic rings. The Balaban J connectivity index is 3.63. The van der Waals surface area contributed by atoms with Crippen molar-refractivity contribution in [3.05, 3.63) is 0 Å². The molecule has 0 aliphatic heterocycles. The molecule has 0 saturated carbocycles. The van der Waals surface area contributed by atoms with Crippen LogP contribution in [0.15, 0.2) is 0 Å². The van der Waals surface area contributed by atoms with Gasteiger partial charge in [-0.1, -0.05) is 0 Å². The van der Waals surface area contributed by atoms with E-state index in [4.69, 9.17) is 32.2 Å². The topological polar surface area (TPSA) is 35.5 Å². The van der Waals surface area contributed by atoms with Crippen LogP contribution in [0.2, 0.25) is 0 Å². The number of hydrogen-bond acceptors (Lipinski definition) is 3. The fraction of sp³-hybridized carbons (Fsp3) is 1.00. The Hall–Kier alpha value is 0.600. The lowest BCUT2D eigenvalue weighted by atomic mass is 10.3. The predicted molar refractivity (Wildman–Crippen MR) is 59.4 cm³/mol. The van der Waals surface area contributed by atoms with E-state index in [1.807, 2.05) is 13.8 Å². The number of halogens is 2. The lowest BCUT2D eigenvalue weighted by molar-refractivity contribution is 0.142. The summed E-state index contributed by atoms with van der Waals surface area (Å²) in [6.07, 6.45) is 1.05. The number of alkyl halides is 2. The SMILES string of the molecule is CC(CCCl)O[P+](=O)OC(C)CCCl. The van der Waals surface area contributed by atoms with E-state index in [0.717, 1.165) is 0 Å². The van der Waals surface area contributed by atoms with Gasteiger partial charge in [0.25, 0.3) is 0 Å². The second kappa shape index (κ2) is 8.87. The van der Waals surface area contributed by atoms with Gasteiger partial charge in [0.15, 0.2) is 0 Å². The Morgan fingerprint density at radius 1 is 1.07 bits per heavy atom. The average molecular weight is 262 g/mol. The molecular formula is C8H16Cl2O3P+. The maximum absolute atomic E-state index is 11.2. The minimum absolute atomic E-state index is 0.140. The summed E-state index contributed by atoms with van der Waals surface area (Å²) < 4.78 is 21.4. The highest BCUT2D eigenvalue weighted by atomic mass is 35.5. The fourth-order valence-corrected chi connectivity index (χ4v) is 2.19. The van der Waals surface area contributed by atoms with Crippen LogP contribution in [0.25, 0.3) is 0 Å². The molecule has 0 aliphatic carbocycles. The van der Waals surface area contributed by atoms with Gasteiger partial charge >= 0.3 is 8.25 Å². The Kier molecular flexibility index (Phi) is 9.25. The zero-order chi connectivity index (χ0) is 11.0. The van der Waals surface area contributed by atoms with Crippen molar-refractivity contribution >= 4 is 31.5 Å². The normalized spacial score (nSPS) is 16.4. The predicted octanol–water partition coefficient (Wildman–Crippen LogP) is 3.71. The summed E-state index contributed by atoms with van der Waals surface area (Å²) in [5, 5.41) is 0. The van der Waals surface area contributed by atoms with E-state index in [0.29, 0.717) is 24.6 Å². The molecule has 0 aromatic carbocycles. The highest BCUT2D eigenvalue weighted by Gasteiger charge is 2.27. The van der Waals surface area contributed by atoms with Crippen molar-refractivity contribution in [2.75, 3.05) is 11.8 Å². The summed E-state index contributed by atoms with van der Waals surface area (Å²) in [6.45, 7) is 3.62. The molecular weight excluding hydrogens is 246 g/mol. The van der Waals surface area contributed by atoms with E-state index in [1.54, 1.807) is 0 Å². The smallest absolute Gasteiger partial charge is 0.127 e. The molecule has 0 N–H and O–H groups in total. The van der Waals surface area contributed by atoms with Gasteiger partial charge in [-0.25, -0.2) is 0 Å². The minimum Gasteiger partial charge on any atom is -0.127 e. The van der Waals surface area contributed by atoms with Crippen LogP contribution in [0.5, 0.6) is 0 Å². The molecule has 84 valence electrons. The van der Waals surface area contributed by atoms with Gasteiger partial charge in [-0.2, -0.15) is 0 Å². The molecule has 2 atom stereocenters. The van der Waals surface area contributed by atoms with Crippen LogP contribution in [-0.2, 0) is 13.6 Å². The third kappa shape index (κ3) is 7.95. The monoisotopic (exact) mass is 261 g/mol. The lowest BCUT2D eigenvalue weighted by Crippen LogP contribution is -2.08. The summed E-state index contributed by atoms with van der Waals surface area (Å²) in [6, 6.07) is 0. The van der Waals surface area contributed by atoms with E-state index in [9.17, 15) is 4.57 Å². The third-order valence-corrected chi connectivity index (χ3v) is 3.06. The number of hydrogen-bond donors (Lipinski definition) is 0. The molecule has 0 radical (unpaired) electrons. The first kappa shape index (κ1) is 14.6. The molecule has 2 unspecified atom stereocenters. The van der Waals surface area contributed by atoms with E-state index in [2.05, 4.69) is 0 Å². The van der Waals surface area contributed by atoms with Gasteiger partial charge in [0.05, 0.1) is 0 Å². The standard InChI is InChI=1S/C8H16Cl2O3P/c1-7(3-5-9)12-14(11)13-8(2)4-6-10/h7-8H,3-6H2,1-2H3/q+1. The van der Waals surface area contributed by atoms with Crippen molar-refractivity contribution < 1.29 is 13.6 Å². The molecule has 0 spiro atoms. The summed E-state index contributed by atoms with van der Waals surface area (Å²) >= 11 is 11.0. The van der Waals surface area contributed by atoms with E-state index >= 15 is 0 Å². The van der Waals surface area contributed by atoms with E-state index in [1.165, 1.54) is 0 Å². The molecule has 14 heavy (non-hydrogen) atoms. The van der Waals surface area contributed by atoms with Gasteiger partial charge in [-0.3, -0.25) is 0 Å².